The topological polar surface area (TPSA) is 31.4 Å². The van der Waals surface area contributed by atoms with E-state index in [0.29, 0.717) is 5.92 Å². The number of aromatic nitrogens is 1. The third kappa shape index (κ3) is 1.74. The minimum absolute atomic E-state index is 0.289. The summed E-state index contributed by atoms with van der Waals surface area (Å²) in [6.07, 6.45) is 0. The van der Waals surface area contributed by atoms with E-state index in [-0.39, 0.29) is 6.79 Å². The molecule has 0 N–H and O–H groups in total. The summed E-state index contributed by atoms with van der Waals surface area (Å²) < 4.78 is 12.2. The van der Waals surface area contributed by atoms with Crippen molar-refractivity contribution in [2.75, 3.05) is 6.79 Å². The summed E-state index contributed by atoms with van der Waals surface area (Å²) in [6.45, 7) is 6.71. The van der Waals surface area contributed by atoms with Crippen LogP contribution in [0.5, 0.6) is 11.5 Å². The highest BCUT2D eigenvalue weighted by molar-refractivity contribution is 14.1. The summed E-state index contributed by atoms with van der Waals surface area (Å²) in [5, 5.41) is 1.15. The zero-order valence-corrected chi connectivity index (χ0v) is 12.7. The summed E-state index contributed by atoms with van der Waals surface area (Å²) in [7, 11) is 0. The average Bonchev–Trinajstić information content (AvgIpc) is 2.80. The molecule has 1 aromatic heterocycles. The first-order chi connectivity index (χ1) is 8.58. The molecule has 3 nitrogen and oxygen atoms in total. The van der Waals surface area contributed by atoms with Gasteiger partial charge in [0.05, 0.1) is 3.57 Å². The molecule has 0 saturated carbocycles. The molecule has 4 heteroatoms. The molecule has 1 aromatic carbocycles. The second-order valence-electron chi connectivity index (χ2n) is 4.84. The van der Waals surface area contributed by atoms with Crippen LogP contribution in [-0.4, -0.2) is 11.8 Å². The van der Waals surface area contributed by atoms with E-state index >= 15 is 0 Å². The predicted octanol–water partition coefficient (Wildman–Crippen LogP) is 4.00. The number of rotatable bonds is 1. The molecule has 2 heterocycles. The largest absolute Gasteiger partial charge is 0.452 e. The van der Waals surface area contributed by atoms with Crippen molar-refractivity contribution in [2.24, 2.45) is 0 Å². The number of hydrogen-bond acceptors (Lipinski definition) is 3. The minimum atomic E-state index is 0.289. The molecule has 2 aromatic rings. The van der Waals surface area contributed by atoms with Crippen LogP contribution in [0, 0.1) is 10.5 Å². The Kier molecular flexibility index (Phi) is 2.84. The summed E-state index contributed by atoms with van der Waals surface area (Å²) in [5.74, 6) is 2.03. The molecule has 1 aliphatic rings. The van der Waals surface area contributed by atoms with Crippen molar-refractivity contribution in [1.29, 1.82) is 0 Å². The molecule has 0 spiro atoms. The normalized spacial score (nSPS) is 13.6. The molecule has 0 unspecified atom stereocenters. The summed E-state index contributed by atoms with van der Waals surface area (Å²) >= 11 is 2.28. The molecule has 0 radical (unpaired) electrons. The zero-order chi connectivity index (χ0) is 12.9. The Morgan fingerprint density at radius 1 is 1.22 bits per heavy atom. The van der Waals surface area contributed by atoms with E-state index in [1.54, 1.807) is 0 Å². The van der Waals surface area contributed by atoms with Gasteiger partial charge < -0.3 is 9.47 Å². The third-order valence-corrected chi connectivity index (χ3v) is 3.99. The third-order valence-electron chi connectivity index (χ3n) is 3.19. The van der Waals surface area contributed by atoms with Crippen molar-refractivity contribution in [1.82, 2.24) is 4.98 Å². The molecule has 0 fully saturated rings. The van der Waals surface area contributed by atoms with Crippen molar-refractivity contribution in [2.45, 2.75) is 26.7 Å². The maximum atomic E-state index is 5.59. The first-order valence-corrected chi connectivity index (χ1v) is 7.05. The zero-order valence-electron chi connectivity index (χ0n) is 10.6. The van der Waals surface area contributed by atoms with Crippen LogP contribution in [0.2, 0.25) is 0 Å². The Morgan fingerprint density at radius 2 is 1.94 bits per heavy atom. The Balaban J connectivity index is 2.38. The van der Waals surface area contributed by atoms with Crippen molar-refractivity contribution in [3.63, 3.8) is 0 Å². The standard InChI is InChI=1S/C14H14INO2/c1-7(2)11-4-8(3)9-5-10(15)13-14(12(9)16-11)18-6-17-13/h4-5,7H,6H2,1-3H3. The van der Waals surface area contributed by atoms with E-state index in [1.165, 1.54) is 5.56 Å². The number of pyridine rings is 1. The molecular formula is C14H14INO2. The average molecular weight is 355 g/mol. The van der Waals surface area contributed by atoms with Crippen molar-refractivity contribution in [3.8, 4) is 11.5 Å². The van der Waals surface area contributed by atoms with E-state index in [1.807, 2.05) is 0 Å². The van der Waals surface area contributed by atoms with Gasteiger partial charge in [-0.05, 0) is 53.1 Å². The highest BCUT2D eigenvalue weighted by Gasteiger charge is 2.23. The maximum absolute atomic E-state index is 5.59. The molecule has 94 valence electrons. The van der Waals surface area contributed by atoms with Crippen molar-refractivity contribution in [3.05, 3.63) is 27.0 Å². The number of fused-ring (bicyclic) bond motifs is 3. The predicted molar refractivity (Wildman–Crippen MR) is 79.4 cm³/mol. The lowest BCUT2D eigenvalue weighted by atomic mass is 10.0. The number of aryl methyl sites for hydroxylation is 1. The summed E-state index contributed by atoms with van der Waals surface area (Å²) in [4.78, 5) is 4.74. The molecule has 3 rings (SSSR count). The minimum Gasteiger partial charge on any atom is -0.452 e. The molecule has 0 amide bonds. The Bertz CT molecular complexity index is 637. The highest BCUT2D eigenvalue weighted by atomic mass is 127. The molecule has 0 aliphatic carbocycles. The second kappa shape index (κ2) is 4.26. The first-order valence-electron chi connectivity index (χ1n) is 5.97. The van der Waals surface area contributed by atoms with Gasteiger partial charge >= 0.3 is 0 Å². The van der Waals surface area contributed by atoms with Crippen LogP contribution in [0.3, 0.4) is 0 Å². The summed E-state index contributed by atoms with van der Waals surface area (Å²) in [6, 6.07) is 4.28. The van der Waals surface area contributed by atoms with Crippen LogP contribution in [0.15, 0.2) is 12.1 Å². The molecule has 0 saturated heterocycles. The quantitative estimate of drug-likeness (QED) is 0.725. The number of ether oxygens (including phenoxy) is 2. The Morgan fingerprint density at radius 3 is 2.67 bits per heavy atom. The maximum Gasteiger partial charge on any atom is 0.231 e. The second-order valence-corrected chi connectivity index (χ2v) is 6.00. The van der Waals surface area contributed by atoms with Gasteiger partial charge in [0, 0.05) is 11.1 Å². The van der Waals surface area contributed by atoms with Crippen LogP contribution < -0.4 is 9.47 Å². The van der Waals surface area contributed by atoms with Crippen molar-refractivity contribution < 1.29 is 9.47 Å². The Labute approximate surface area is 120 Å². The summed E-state index contributed by atoms with van der Waals surface area (Å²) in [5.41, 5.74) is 3.26. The highest BCUT2D eigenvalue weighted by Crippen LogP contribution is 2.43. The first kappa shape index (κ1) is 12.0. The fourth-order valence-electron chi connectivity index (χ4n) is 2.18. The monoisotopic (exact) mass is 355 g/mol. The van der Waals surface area contributed by atoms with Gasteiger partial charge in [-0.2, -0.15) is 0 Å². The molecule has 0 atom stereocenters. The van der Waals surface area contributed by atoms with E-state index in [0.717, 1.165) is 31.7 Å². The number of hydrogen-bond donors (Lipinski definition) is 0. The number of benzene rings is 1. The van der Waals surface area contributed by atoms with Gasteiger partial charge in [-0.25, -0.2) is 4.98 Å². The number of halogens is 1. The van der Waals surface area contributed by atoms with Crippen LogP contribution in [0.25, 0.3) is 10.9 Å². The van der Waals surface area contributed by atoms with Crippen LogP contribution in [-0.2, 0) is 0 Å². The lowest BCUT2D eigenvalue weighted by molar-refractivity contribution is 0.174. The fourth-order valence-corrected chi connectivity index (χ4v) is 2.90. The lowest BCUT2D eigenvalue weighted by Crippen LogP contribution is -1.97. The van der Waals surface area contributed by atoms with Gasteiger partial charge in [0.1, 0.15) is 5.52 Å². The lowest BCUT2D eigenvalue weighted by Gasteiger charge is -2.11. The molecular weight excluding hydrogens is 341 g/mol. The fraction of sp³-hybridized carbons (Fsp3) is 0.357. The molecule has 0 bridgehead atoms. The van der Waals surface area contributed by atoms with E-state index in [2.05, 4.69) is 55.5 Å². The SMILES string of the molecule is Cc1cc(C(C)C)nc2c3c(c(I)cc12)OCO3. The van der Waals surface area contributed by atoms with Gasteiger partial charge in [-0.15, -0.1) is 0 Å². The van der Waals surface area contributed by atoms with Crippen molar-refractivity contribution >= 4 is 33.5 Å². The van der Waals surface area contributed by atoms with Gasteiger partial charge in [0.2, 0.25) is 6.79 Å². The van der Waals surface area contributed by atoms with Crippen LogP contribution in [0.1, 0.15) is 31.0 Å². The van der Waals surface area contributed by atoms with E-state index in [4.69, 9.17) is 14.5 Å². The van der Waals surface area contributed by atoms with Gasteiger partial charge in [-0.1, -0.05) is 13.8 Å². The molecule has 1 aliphatic heterocycles. The van der Waals surface area contributed by atoms with Gasteiger partial charge in [0.25, 0.3) is 0 Å². The van der Waals surface area contributed by atoms with E-state index in [9.17, 15) is 0 Å². The van der Waals surface area contributed by atoms with E-state index < -0.39 is 0 Å². The van der Waals surface area contributed by atoms with Crippen LogP contribution in [0.4, 0.5) is 0 Å². The smallest absolute Gasteiger partial charge is 0.231 e. The van der Waals surface area contributed by atoms with Gasteiger partial charge in [-0.3, -0.25) is 0 Å². The molecule has 18 heavy (non-hydrogen) atoms. The Hall–Kier alpha value is -1.04. The van der Waals surface area contributed by atoms with Gasteiger partial charge in [0.15, 0.2) is 11.5 Å². The van der Waals surface area contributed by atoms with Crippen LogP contribution >= 0.6 is 22.6 Å². The number of nitrogens with zero attached hydrogens (tertiary/aromatic N) is 1.